The van der Waals surface area contributed by atoms with Crippen LogP contribution in [-0.2, 0) is 7.05 Å². The number of rotatable bonds is 2. The molecule has 1 aliphatic rings. The summed E-state index contributed by atoms with van der Waals surface area (Å²) in [6.45, 7) is 4.40. The van der Waals surface area contributed by atoms with Gasteiger partial charge in [0.2, 0.25) is 0 Å². The van der Waals surface area contributed by atoms with E-state index in [1.165, 1.54) is 24.1 Å². The largest absolute Gasteiger partial charge is 0.316 e. The van der Waals surface area contributed by atoms with Crippen LogP contribution in [0.15, 0.2) is 24.5 Å². The molecule has 0 saturated carbocycles. The van der Waals surface area contributed by atoms with Crippen molar-refractivity contribution in [3.8, 4) is 11.3 Å². The van der Waals surface area contributed by atoms with E-state index in [9.17, 15) is 0 Å². The standard InChI is InChI=1S/C15H20N4/c1-11-14(12-5-8-16-9-6-12)18-19(2)15(11)13-4-3-7-17-10-13/h5-6,8-9,13,17H,3-4,7,10H2,1-2H3. The van der Waals surface area contributed by atoms with Crippen LogP contribution in [-0.4, -0.2) is 27.9 Å². The first-order valence-corrected chi connectivity index (χ1v) is 6.92. The molecule has 2 aromatic rings. The topological polar surface area (TPSA) is 42.7 Å². The molecule has 19 heavy (non-hydrogen) atoms. The average molecular weight is 256 g/mol. The lowest BCUT2D eigenvalue weighted by atomic mass is 9.92. The van der Waals surface area contributed by atoms with Crippen molar-refractivity contribution < 1.29 is 0 Å². The fraction of sp³-hybridized carbons (Fsp3) is 0.467. The molecule has 1 aliphatic heterocycles. The van der Waals surface area contributed by atoms with Gasteiger partial charge < -0.3 is 5.32 Å². The Bertz CT molecular complexity index is 553. The molecule has 0 spiro atoms. The number of aryl methyl sites for hydroxylation is 1. The Kier molecular flexibility index (Phi) is 3.34. The van der Waals surface area contributed by atoms with Crippen molar-refractivity contribution in [2.75, 3.05) is 13.1 Å². The number of piperidine rings is 1. The maximum absolute atomic E-state index is 4.72. The van der Waals surface area contributed by atoms with Crippen molar-refractivity contribution in [2.45, 2.75) is 25.7 Å². The molecular weight excluding hydrogens is 236 g/mol. The van der Waals surface area contributed by atoms with Gasteiger partial charge in [-0.05, 0) is 44.0 Å². The van der Waals surface area contributed by atoms with Crippen LogP contribution in [0, 0.1) is 6.92 Å². The van der Waals surface area contributed by atoms with Gasteiger partial charge in [-0.25, -0.2) is 0 Å². The van der Waals surface area contributed by atoms with Crippen molar-refractivity contribution in [3.63, 3.8) is 0 Å². The minimum absolute atomic E-state index is 0.585. The summed E-state index contributed by atoms with van der Waals surface area (Å²) < 4.78 is 2.06. The van der Waals surface area contributed by atoms with Crippen LogP contribution in [0.25, 0.3) is 11.3 Å². The van der Waals surface area contributed by atoms with E-state index >= 15 is 0 Å². The number of hydrogen-bond acceptors (Lipinski definition) is 3. The highest BCUT2D eigenvalue weighted by Gasteiger charge is 2.23. The summed E-state index contributed by atoms with van der Waals surface area (Å²) in [5.41, 5.74) is 4.92. The lowest BCUT2D eigenvalue weighted by Gasteiger charge is -2.23. The number of hydrogen-bond donors (Lipinski definition) is 1. The third kappa shape index (κ3) is 2.28. The number of aromatic nitrogens is 3. The molecule has 0 radical (unpaired) electrons. The lowest BCUT2D eigenvalue weighted by molar-refractivity contribution is 0.440. The Hall–Kier alpha value is -1.68. The van der Waals surface area contributed by atoms with Crippen LogP contribution >= 0.6 is 0 Å². The third-order valence-corrected chi connectivity index (χ3v) is 3.98. The Morgan fingerprint density at radius 2 is 2.11 bits per heavy atom. The van der Waals surface area contributed by atoms with Gasteiger partial charge in [0.25, 0.3) is 0 Å². The maximum atomic E-state index is 4.72. The van der Waals surface area contributed by atoms with Crippen molar-refractivity contribution in [1.82, 2.24) is 20.1 Å². The van der Waals surface area contributed by atoms with Crippen LogP contribution in [0.1, 0.15) is 30.0 Å². The van der Waals surface area contributed by atoms with Crippen molar-refractivity contribution in [1.29, 1.82) is 0 Å². The van der Waals surface area contributed by atoms with Crippen LogP contribution in [0.3, 0.4) is 0 Å². The second kappa shape index (κ2) is 5.13. The molecule has 0 aromatic carbocycles. The van der Waals surface area contributed by atoms with Crippen LogP contribution in [0.4, 0.5) is 0 Å². The van der Waals surface area contributed by atoms with E-state index in [2.05, 4.69) is 29.0 Å². The van der Waals surface area contributed by atoms with Crippen LogP contribution in [0.2, 0.25) is 0 Å². The van der Waals surface area contributed by atoms with Gasteiger partial charge >= 0.3 is 0 Å². The van der Waals surface area contributed by atoms with Crippen molar-refractivity contribution in [2.24, 2.45) is 7.05 Å². The average Bonchev–Trinajstić information content (AvgIpc) is 2.76. The summed E-state index contributed by atoms with van der Waals surface area (Å²) in [7, 11) is 2.06. The van der Waals surface area contributed by atoms with Gasteiger partial charge in [0.05, 0.1) is 5.69 Å². The molecule has 4 heteroatoms. The molecule has 1 unspecified atom stereocenters. The monoisotopic (exact) mass is 256 g/mol. The summed E-state index contributed by atoms with van der Waals surface area (Å²) in [6.07, 6.45) is 6.15. The van der Waals surface area contributed by atoms with Gasteiger partial charge in [-0.15, -0.1) is 0 Å². The van der Waals surface area contributed by atoms with E-state index in [1.54, 1.807) is 0 Å². The van der Waals surface area contributed by atoms with E-state index < -0.39 is 0 Å². The first-order valence-electron chi connectivity index (χ1n) is 6.92. The summed E-state index contributed by atoms with van der Waals surface area (Å²) in [6, 6.07) is 4.05. The van der Waals surface area contributed by atoms with E-state index in [0.717, 1.165) is 24.3 Å². The van der Waals surface area contributed by atoms with Gasteiger partial charge in [-0.1, -0.05) is 0 Å². The molecule has 3 rings (SSSR count). The zero-order chi connectivity index (χ0) is 13.2. The number of nitrogens with one attached hydrogen (secondary N) is 1. The molecule has 1 fully saturated rings. The smallest absolute Gasteiger partial charge is 0.0956 e. The minimum atomic E-state index is 0.585. The molecule has 2 aromatic heterocycles. The second-order valence-electron chi connectivity index (χ2n) is 5.26. The predicted molar refractivity (Wildman–Crippen MR) is 76.0 cm³/mol. The molecule has 0 amide bonds. The highest BCUT2D eigenvalue weighted by molar-refractivity contribution is 5.63. The SMILES string of the molecule is Cc1c(-c2ccncc2)nn(C)c1C1CCCNC1. The molecular formula is C15H20N4. The van der Waals surface area contributed by atoms with Gasteiger partial charge in [0.15, 0.2) is 0 Å². The molecule has 3 heterocycles. The summed E-state index contributed by atoms with van der Waals surface area (Å²) in [5.74, 6) is 0.585. The van der Waals surface area contributed by atoms with E-state index in [-0.39, 0.29) is 0 Å². The fourth-order valence-corrected chi connectivity index (χ4v) is 3.08. The van der Waals surface area contributed by atoms with Crippen LogP contribution < -0.4 is 5.32 Å². The Labute approximate surface area is 113 Å². The molecule has 4 nitrogen and oxygen atoms in total. The minimum Gasteiger partial charge on any atom is -0.316 e. The van der Waals surface area contributed by atoms with Gasteiger partial charge in [-0.2, -0.15) is 5.10 Å². The predicted octanol–water partition coefficient (Wildman–Crippen LogP) is 2.26. The Morgan fingerprint density at radius 3 is 2.79 bits per heavy atom. The summed E-state index contributed by atoms with van der Waals surface area (Å²) in [4.78, 5) is 4.08. The Morgan fingerprint density at radius 1 is 1.32 bits per heavy atom. The lowest BCUT2D eigenvalue weighted by Crippen LogP contribution is -2.29. The number of pyridine rings is 1. The van der Waals surface area contributed by atoms with Gasteiger partial charge in [0.1, 0.15) is 0 Å². The molecule has 0 aliphatic carbocycles. The molecule has 1 saturated heterocycles. The maximum Gasteiger partial charge on any atom is 0.0956 e. The zero-order valence-corrected chi connectivity index (χ0v) is 11.6. The molecule has 0 bridgehead atoms. The summed E-state index contributed by atoms with van der Waals surface area (Å²) in [5, 5.41) is 8.20. The van der Waals surface area contributed by atoms with E-state index in [4.69, 9.17) is 5.10 Å². The molecule has 100 valence electrons. The van der Waals surface area contributed by atoms with E-state index in [1.807, 2.05) is 24.5 Å². The summed E-state index contributed by atoms with van der Waals surface area (Å²) >= 11 is 0. The van der Waals surface area contributed by atoms with Gasteiger partial charge in [0, 0.05) is 43.2 Å². The molecule has 1 atom stereocenters. The Balaban J connectivity index is 2.00. The first-order chi connectivity index (χ1) is 9.27. The quantitative estimate of drug-likeness (QED) is 0.896. The van der Waals surface area contributed by atoms with Crippen molar-refractivity contribution >= 4 is 0 Å². The third-order valence-electron chi connectivity index (χ3n) is 3.98. The number of nitrogens with zero attached hydrogens (tertiary/aromatic N) is 3. The highest BCUT2D eigenvalue weighted by atomic mass is 15.3. The zero-order valence-electron chi connectivity index (χ0n) is 11.6. The van der Waals surface area contributed by atoms with E-state index in [0.29, 0.717) is 5.92 Å². The fourth-order valence-electron chi connectivity index (χ4n) is 3.08. The molecule has 1 N–H and O–H groups in total. The highest BCUT2D eigenvalue weighted by Crippen LogP contribution is 2.31. The normalized spacial score (nSPS) is 19.6. The van der Waals surface area contributed by atoms with Gasteiger partial charge in [-0.3, -0.25) is 9.67 Å². The first kappa shape index (κ1) is 12.4. The second-order valence-corrected chi connectivity index (χ2v) is 5.26. The van der Waals surface area contributed by atoms with Crippen LogP contribution in [0.5, 0.6) is 0 Å². The van der Waals surface area contributed by atoms with Crippen molar-refractivity contribution in [3.05, 3.63) is 35.8 Å².